The van der Waals surface area contributed by atoms with Gasteiger partial charge in [0.2, 0.25) is 0 Å². The summed E-state index contributed by atoms with van der Waals surface area (Å²) in [4.78, 5) is 2.17. The van der Waals surface area contributed by atoms with Crippen LogP contribution in [0.15, 0.2) is 12.1 Å². The number of hydrogen-bond acceptors (Lipinski definition) is 2. The van der Waals surface area contributed by atoms with Crippen LogP contribution in [0.25, 0.3) is 0 Å². The van der Waals surface area contributed by atoms with Gasteiger partial charge in [0.15, 0.2) is 0 Å². The normalized spacial score (nSPS) is 11.1. The Labute approximate surface area is 92.9 Å². The summed E-state index contributed by atoms with van der Waals surface area (Å²) < 4.78 is 5.11. The van der Waals surface area contributed by atoms with Crippen molar-refractivity contribution in [1.82, 2.24) is 4.90 Å². The molecule has 0 heterocycles. The molecule has 15 heavy (non-hydrogen) atoms. The monoisotopic (exact) mass is 207 g/mol. The van der Waals surface area contributed by atoms with Crippen molar-refractivity contribution >= 4 is 0 Å². The second-order valence-corrected chi connectivity index (χ2v) is 4.31. The predicted molar refractivity (Wildman–Crippen MR) is 64.0 cm³/mol. The first kappa shape index (κ1) is 12.2. The number of benzene rings is 1. The average molecular weight is 207 g/mol. The van der Waals surface area contributed by atoms with E-state index >= 15 is 0 Å². The summed E-state index contributed by atoms with van der Waals surface area (Å²) in [5, 5.41) is 0. The number of ether oxygens (including phenoxy) is 1. The molecule has 0 radical (unpaired) electrons. The van der Waals surface area contributed by atoms with E-state index in [4.69, 9.17) is 4.74 Å². The summed E-state index contributed by atoms with van der Waals surface area (Å²) in [6.45, 7) is 8.12. The Hall–Kier alpha value is -0.860. The minimum atomic E-state index is 0.673. The zero-order chi connectivity index (χ0) is 11.4. The second kappa shape index (κ2) is 5.29. The Morgan fingerprint density at radius 1 is 1.13 bits per heavy atom. The van der Waals surface area contributed by atoms with Gasteiger partial charge in [-0.2, -0.15) is 0 Å². The number of hydrogen-bond donors (Lipinski definition) is 0. The molecule has 1 aromatic carbocycles. The van der Waals surface area contributed by atoms with Crippen LogP contribution in [0.3, 0.4) is 0 Å². The predicted octanol–water partition coefficient (Wildman–Crippen LogP) is 2.65. The Morgan fingerprint density at radius 3 is 2.13 bits per heavy atom. The third-order valence-electron chi connectivity index (χ3n) is 2.62. The van der Waals surface area contributed by atoms with Crippen LogP contribution in [0.1, 0.15) is 22.3 Å². The Balaban J connectivity index is 2.85. The molecule has 0 aliphatic carbocycles. The molecule has 0 aromatic heterocycles. The summed E-state index contributed by atoms with van der Waals surface area (Å²) in [5.41, 5.74) is 5.49. The minimum Gasteiger partial charge on any atom is -0.369 e. The van der Waals surface area contributed by atoms with Crippen LogP contribution < -0.4 is 0 Å². The van der Waals surface area contributed by atoms with Crippen molar-refractivity contribution in [2.24, 2.45) is 0 Å². The van der Waals surface area contributed by atoms with Crippen molar-refractivity contribution in [3.05, 3.63) is 34.4 Å². The van der Waals surface area contributed by atoms with Crippen molar-refractivity contribution < 1.29 is 4.74 Å². The van der Waals surface area contributed by atoms with Gasteiger partial charge in [0.1, 0.15) is 0 Å². The van der Waals surface area contributed by atoms with Crippen molar-refractivity contribution in [2.75, 3.05) is 20.9 Å². The van der Waals surface area contributed by atoms with E-state index in [1.165, 1.54) is 22.3 Å². The first-order chi connectivity index (χ1) is 7.04. The van der Waals surface area contributed by atoms with Crippen LogP contribution in [0.4, 0.5) is 0 Å². The number of aryl methyl sites for hydroxylation is 3. The van der Waals surface area contributed by atoms with Gasteiger partial charge in [0.05, 0.1) is 6.73 Å². The molecule has 0 N–H and O–H groups in total. The fourth-order valence-electron chi connectivity index (χ4n) is 2.00. The van der Waals surface area contributed by atoms with E-state index in [0.717, 1.165) is 6.54 Å². The quantitative estimate of drug-likeness (QED) is 0.704. The van der Waals surface area contributed by atoms with Crippen LogP contribution >= 0.6 is 0 Å². The maximum atomic E-state index is 5.11. The molecule has 2 heteroatoms. The van der Waals surface area contributed by atoms with Crippen LogP contribution in [-0.2, 0) is 11.3 Å². The smallest absolute Gasteiger partial charge is 0.0986 e. The van der Waals surface area contributed by atoms with Crippen molar-refractivity contribution in [3.8, 4) is 0 Å². The molecule has 0 spiro atoms. The van der Waals surface area contributed by atoms with E-state index in [0.29, 0.717) is 6.73 Å². The lowest BCUT2D eigenvalue weighted by atomic mass is 10.00. The molecule has 0 saturated carbocycles. The minimum absolute atomic E-state index is 0.673. The highest BCUT2D eigenvalue weighted by molar-refractivity contribution is 5.37. The van der Waals surface area contributed by atoms with Gasteiger partial charge in [-0.05, 0) is 44.5 Å². The van der Waals surface area contributed by atoms with E-state index in [1.807, 2.05) is 0 Å². The zero-order valence-corrected chi connectivity index (χ0v) is 10.4. The molecule has 0 atom stereocenters. The lowest BCUT2D eigenvalue weighted by Crippen LogP contribution is -2.21. The molecule has 0 aliphatic heterocycles. The SMILES string of the molecule is COCN(C)Cc1c(C)cc(C)cc1C. The molecule has 84 valence electrons. The molecular weight excluding hydrogens is 186 g/mol. The van der Waals surface area contributed by atoms with Gasteiger partial charge in [-0.25, -0.2) is 0 Å². The summed E-state index contributed by atoms with van der Waals surface area (Å²) in [5.74, 6) is 0. The molecular formula is C13H21NO. The van der Waals surface area contributed by atoms with Crippen molar-refractivity contribution in [1.29, 1.82) is 0 Å². The van der Waals surface area contributed by atoms with Crippen LogP contribution in [0, 0.1) is 20.8 Å². The Kier molecular flexibility index (Phi) is 4.30. The maximum Gasteiger partial charge on any atom is 0.0986 e. The maximum absolute atomic E-state index is 5.11. The lowest BCUT2D eigenvalue weighted by molar-refractivity contribution is 0.0769. The summed E-state index contributed by atoms with van der Waals surface area (Å²) in [6, 6.07) is 4.48. The van der Waals surface area contributed by atoms with Gasteiger partial charge < -0.3 is 4.74 Å². The standard InChI is InChI=1S/C13H21NO/c1-10-6-11(2)13(12(3)7-10)8-14(4)9-15-5/h6-7H,8-9H2,1-5H3. The van der Waals surface area contributed by atoms with E-state index in [2.05, 4.69) is 44.9 Å². The molecule has 0 amide bonds. The molecule has 0 unspecified atom stereocenters. The topological polar surface area (TPSA) is 12.5 Å². The molecule has 0 saturated heterocycles. The average Bonchev–Trinajstić information content (AvgIpc) is 2.11. The molecule has 0 fully saturated rings. The van der Waals surface area contributed by atoms with Gasteiger partial charge >= 0.3 is 0 Å². The van der Waals surface area contributed by atoms with Gasteiger partial charge in [-0.15, -0.1) is 0 Å². The fraction of sp³-hybridized carbons (Fsp3) is 0.538. The van der Waals surface area contributed by atoms with E-state index in [-0.39, 0.29) is 0 Å². The van der Waals surface area contributed by atoms with E-state index in [1.54, 1.807) is 7.11 Å². The first-order valence-corrected chi connectivity index (χ1v) is 5.28. The van der Waals surface area contributed by atoms with Crippen molar-refractivity contribution in [3.63, 3.8) is 0 Å². The third kappa shape index (κ3) is 3.33. The Morgan fingerprint density at radius 2 is 1.67 bits per heavy atom. The zero-order valence-electron chi connectivity index (χ0n) is 10.4. The number of nitrogens with zero attached hydrogens (tertiary/aromatic N) is 1. The fourth-order valence-corrected chi connectivity index (χ4v) is 2.00. The third-order valence-corrected chi connectivity index (χ3v) is 2.62. The van der Waals surface area contributed by atoms with Crippen LogP contribution in [0.5, 0.6) is 0 Å². The summed E-state index contributed by atoms with van der Waals surface area (Å²) in [7, 11) is 3.80. The molecule has 1 rings (SSSR count). The van der Waals surface area contributed by atoms with Crippen LogP contribution in [-0.4, -0.2) is 25.8 Å². The van der Waals surface area contributed by atoms with Crippen molar-refractivity contribution in [2.45, 2.75) is 27.3 Å². The molecule has 2 nitrogen and oxygen atoms in total. The van der Waals surface area contributed by atoms with Gasteiger partial charge in [0, 0.05) is 13.7 Å². The highest BCUT2D eigenvalue weighted by Crippen LogP contribution is 2.17. The van der Waals surface area contributed by atoms with E-state index < -0.39 is 0 Å². The first-order valence-electron chi connectivity index (χ1n) is 5.28. The summed E-state index contributed by atoms with van der Waals surface area (Å²) in [6.07, 6.45) is 0. The highest BCUT2D eigenvalue weighted by atomic mass is 16.5. The second-order valence-electron chi connectivity index (χ2n) is 4.31. The van der Waals surface area contributed by atoms with Crippen LogP contribution in [0.2, 0.25) is 0 Å². The molecule has 1 aromatic rings. The molecule has 0 aliphatic rings. The van der Waals surface area contributed by atoms with Gasteiger partial charge in [-0.3, -0.25) is 4.90 Å². The van der Waals surface area contributed by atoms with E-state index in [9.17, 15) is 0 Å². The highest BCUT2D eigenvalue weighted by Gasteiger charge is 2.06. The summed E-state index contributed by atoms with van der Waals surface area (Å²) >= 11 is 0. The number of rotatable bonds is 4. The Bertz CT molecular complexity index is 310. The number of methoxy groups -OCH3 is 1. The largest absolute Gasteiger partial charge is 0.369 e. The van der Waals surface area contributed by atoms with Gasteiger partial charge in [0.25, 0.3) is 0 Å². The van der Waals surface area contributed by atoms with Gasteiger partial charge in [-0.1, -0.05) is 17.7 Å². The molecule has 0 bridgehead atoms. The lowest BCUT2D eigenvalue weighted by Gasteiger charge is -2.19.